The van der Waals surface area contributed by atoms with Crippen LogP contribution in [0.2, 0.25) is 0 Å². The zero-order valence-electron chi connectivity index (χ0n) is 10.8. The van der Waals surface area contributed by atoms with Gasteiger partial charge < -0.3 is 5.73 Å². The van der Waals surface area contributed by atoms with E-state index in [4.69, 9.17) is 5.73 Å². The molecule has 0 aliphatic carbocycles. The summed E-state index contributed by atoms with van der Waals surface area (Å²) in [6.45, 7) is 5.69. The van der Waals surface area contributed by atoms with Gasteiger partial charge >= 0.3 is 0 Å². The third kappa shape index (κ3) is 3.18. The summed E-state index contributed by atoms with van der Waals surface area (Å²) in [7, 11) is 0. The standard InChI is InChI=1S/C13H20Br2N2S/c1-8(2)17-6-4-3-5-10(16)12(17)11-7-9(14)13(15)18-11/h7-8,10,12H,3-6,16H2,1-2H3. The molecule has 18 heavy (non-hydrogen) atoms. The molecule has 1 saturated heterocycles. The van der Waals surface area contributed by atoms with Crippen molar-refractivity contribution in [1.82, 2.24) is 4.90 Å². The van der Waals surface area contributed by atoms with Gasteiger partial charge in [-0.1, -0.05) is 6.42 Å². The third-order valence-electron chi connectivity index (χ3n) is 3.59. The minimum Gasteiger partial charge on any atom is -0.326 e. The van der Waals surface area contributed by atoms with Crippen LogP contribution in [-0.4, -0.2) is 23.5 Å². The molecule has 0 bridgehead atoms. The van der Waals surface area contributed by atoms with Gasteiger partial charge in [0.25, 0.3) is 0 Å². The van der Waals surface area contributed by atoms with E-state index in [1.165, 1.54) is 17.7 Å². The first-order valence-electron chi connectivity index (χ1n) is 6.46. The highest BCUT2D eigenvalue weighted by molar-refractivity contribution is 9.13. The van der Waals surface area contributed by atoms with Crippen molar-refractivity contribution in [2.75, 3.05) is 6.54 Å². The maximum absolute atomic E-state index is 6.43. The third-order valence-corrected chi connectivity index (χ3v) is 6.91. The van der Waals surface area contributed by atoms with Crippen molar-refractivity contribution in [2.45, 2.75) is 51.2 Å². The number of nitrogens with zero attached hydrogens (tertiary/aromatic N) is 1. The molecule has 1 aromatic rings. The van der Waals surface area contributed by atoms with Crippen LogP contribution in [0.5, 0.6) is 0 Å². The minimum atomic E-state index is 0.243. The quantitative estimate of drug-likeness (QED) is 0.796. The molecule has 2 unspecified atom stereocenters. The highest BCUT2D eigenvalue weighted by Gasteiger charge is 2.31. The second-order valence-corrected chi connectivity index (χ2v) is 8.46. The lowest BCUT2D eigenvalue weighted by molar-refractivity contribution is 0.146. The van der Waals surface area contributed by atoms with Crippen LogP contribution in [0.4, 0.5) is 0 Å². The highest BCUT2D eigenvalue weighted by atomic mass is 79.9. The summed E-state index contributed by atoms with van der Waals surface area (Å²) in [5.41, 5.74) is 6.43. The Morgan fingerprint density at radius 2 is 2.11 bits per heavy atom. The summed E-state index contributed by atoms with van der Waals surface area (Å²) in [6.07, 6.45) is 3.63. The second kappa shape index (κ2) is 6.35. The van der Waals surface area contributed by atoms with Crippen LogP contribution in [0, 0.1) is 0 Å². The Hall–Kier alpha value is 0.580. The molecule has 102 valence electrons. The SMILES string of the molecule is CC(C)N1CCCCC(N)C1c1cc(Br)c(Br)s1. The van der Waals surface area contributed by atoms with Gasteiger partial charge in [-0.25, -0.2) is 0 Å². The van der Waals surface area contributed by atoms with Crippen molar-refractivity contribution in [3.63, 3.8) is 0 Å². The van der Waals surface area contributed by atoms with Gasteiger partial charge in [0.05, 0.1) is 9.83 Å². The molecule has 1 aliphatic rings. The molecule has 1 aliphatic heterocycles. The molecule has 0 aromatic carbocycles. The monoisotopic (exact) mass is 394 g/mol. The average Bonchev–Trinajstić information content (AvgIpc) is 2.51. The number of nitrogens with two attached hydrogens (primary N) is 1. The summed E-state index contributed by atoms with van der Waals surface area (Å²) in [5, 5.41) is 0. The molecule has 1 aromatic heterocycles. The molecule has 0 amide bonds. The van der Waals surface area contributed by atoms with Gasteiger partial charge in [0, 0.05) is 21.4 Å². The smallest absolute Gasteiger partial charge is 0.0843 e. The molecular formula is C13H20Br2N2S. The molecule has 2 N–H and O–H groups in total. The van der Waals surface area contributed by atoms with Crippen LogP contribution in [0.3, 0.4) is 0 Å². The molecule has 0 saturated carbocycles. The van der Waals surface area contributed by atoms with Crippen molar-refractivity contribution in [2.24, 2.45) is 5.73 Å². The Balaban J connectivity index is 2.34. The maximum Gasteiger partial charge on any atom is 0.0843 e. The molecule has 2 nitrogen and oxygen atoms in total. The van der Waals surface area contributed by atoms with Crippen LogP contribution in [0.1, 0.15) is 44.0 Å². The second-order valence-electron chi connectivity index (χ2n) is 5.21. The van der Waals surface area contributed by atoms with Gasteiger partial charge in [0.1, 0.15) is 0 Å². The fourth-order valence-corrected chi connectivity index (χ4v) is 4.97. The van der Waals surface area contributed by atoms with E-state index >= 15 is 0 Å². The van der Waals surface area contributed by atoms with E-state index in [-0.39, 0.29) is 6.04 Å². The van der Waals surface area contributed by atoms with Gasteiger partial charge in [0.15, 0.2) is 0 Å². The predicted molar refractivity (Wildman–Crippen MR) is 86.1 cm³/mol. The lowest BCUT2D eigenvalue weighted by atomic mass is 10.0. The van der Waals surface area contributed by atoms with Crippen molar-refractivity contribution in [3.05, 3.63) is 19.2 Å². The predicted octanol–water partition coefficient (Wildman–Crippen LogP) is 4.54. The Bertz CT molecular complexity index is 386. The molecule has 0 radical (unpaired) electrons. The summed E-state index contributed by atoms with van der Waals surface area (Å²) >= 11 is 8.98. The number of halogens is 2. The van der Waals surface area contributed by atoms with Gasteiger partial charge in [-0.2, -0.15) is 0 Å². The van der Waals surface area contributed by atoms with Crippen LogP contribution in [-0.2, 0) is 0 Å². The van der Waals surface area contributed by atoms with Crippen molar-refractivity contribution in [3.8, 4) is 0 Å². The van der Waals surface area contributed by atoms with E-state index in [1.54, 1.807) is 11.3 Å². The zero-order valence-corrected chi connectivity index (χ0v) is 14.8. The van der Waals surface area contributed by atoms with Gasteiger partial charge in [-0.05, 0) is 71.2 Å². The lowest BCUT2D eigenvalue weighted by Crippen LogP contribution is -2.42. The first-order valence-corrected chi connectivity index (χ1v) is 8.87. The number of likely N-dealkylation sites (tertiary alicyclic amines) is 1. The van der Waals surface area contributed by atoms with Crippen molar-refractivity contribution < 1.29 is 0 Å². The Labute approximate surface area is 130 Å². The average molecular weight is 396 g/mol. The normalized spacial score (nSPS) is 26.6. The fourth-order valence-electron chi connectivity index (χ4n) is 2.68. The number of thiophene rings is 1. The maximum atomic E-state index is 6.43. The first kappa shape index (κ1) is 15.0. The van der Waals surface area contributed by atoms with E-state index in [1.807, 2.05) is 0 Å². The first-order chi connectivity index (χ1) is 8.50. The molecule has 2 rings (SSSR count). The van der Waals surface area contributed by atoms with Crippen LogP contribution < -0.4 is 5.73 Å². The minimum absolute atomic E-state index is 0.243. The number of hydrogen-bond acceptors (Lipinski definition) is 3. The van der Waals surface area contributed by atoms with E-state index in [2.05, 4.69) is 56.7 Å². The summed E-state index contributed by atoms with van der Waals surface area (Å²) in [6, 6.07) is 3.37. The van der Waals surface area contributed by atoms with Crippen LogP contribution >= 0.6 is 43.2 Å². The largest absolute Gasteiger partial charge is 0.326 e. The number of hydrogen-bond donors (Lipinski definition) is 1. The molecule has 2 heterocycles. The lowest BCUT2D eigenvalue weighted by Gasteiger charge is -2.35. The van der Waals surface area contributed by atoms with E-state index < -0.39 is 0 Å². The summed E-state index contributed by atoms with van der Waals surface area (Å²) in [5.74, 6) is 0. The van der Waals surface area contributed by atoms with Gasteiger partial charge in [-0.3, -0.25) is 4.90 Å². The fraction of sp³-hybridized carbons (Fsp3) is 0.692. The van der Waals surface area contributed by atoms with Gasteiger partial charge in [-0.15, -0.1) is 11.3 Å². The van der Waals surface area contributed by atoms with Crippen molar-refractivity contribution >= 4 is 43.2 Å². The molecular weight excluding hydrogens is 376 g/mol. The molecule has 1 fully saturated rings. The molecule has 5 heteroatoms. The zero-order chi connectivity index (χ0) is 13.3. The Morgan fingerprint density at radius 1 is 1.39 bits per heavy atom. The number of rotatable bonds is 2. The van der Waals surface area contributed by atoms with Gasteiger partial charge in [0.2, 0.25) is 0 Å². The van der Waals surface area contributed by atoms with Crippen LogP contribution in [0.15, 0.2) is 14.3 Å². The van der Waals surface area contributed by atoms with Crippen molar-refractivity contribution in [1.29, 1.82) is 0 Å². The summed E-state index contributed by atoms with van der Waals surface area (Å²) in [4.78, 5) is 3.93. The highest BCUT2D eigenvalue weighted by Crippen LogP contribution is 2.40. The van der Waals surface area contributed by atoms with Crippen LogP contribution in [0.25, 0.3) is 0 Å². The molecule has 2 atom stereocenters. The molecule has 0 spiro atoms. The summed E-state index contributed by atoms with van der Waals surface area (Å²) < 4.78 is 2.31. The van der Waals surface area contributed by atoms with E-state index in [0.29, 0.717) is 12.1 Å². The van der Waals surface area contributed by atoms with E-state index in [0.717, 1.165) is 21.2 Å². The Morgan fingerprint density at radius 3 is 2.67 bits per heavy atom. The van der Waals surface area contributed by atoms with E-state index in [9.17, 15) is 0 Å². The Kier molecular flexibility index (Phi) is 5.29. The topological polar surface area (TPSA) is 29.3 Å².